The summed E-state index contributed by atoms with van der Waals surface area (Å²) < 4.78 is 0. The molecule has 1 N–H and O–H groups in total. The van der Waals surface area contributed by atoms with Crippen molar-refractivity contribution < 1.29 is 0 Å². The largest absolute Gasteiger partial charge is 0.272 e. The Morgan fingerprint density at radius 3 is 1.70 bits per heavy atom. The second-order valence-electron chi connectivity index (χ2n) is 3.41. The van der Waals surface area contributed by atoms with Crippen molar-refractivity contribution >= 4 is 17.5 Å². The standard InChI is InChI=1S/C9H7N11/c1-4-10-17-13-7(1)16-20(8-2-5-11-18-14-8)9-3-6-12-19-15-9/h1-6H,(H,10,13,16). The van der Waals surface area contributed by atoms with Crippen LogP contribution in [0.1, 0.15) is 0 Å². The second-order valence-corrected chi connectivity index (χ2v) is 3.41. The maximum atomic E-state index is 3.90. The minimum Gasteiger partial charge on any atom is -0.272 e. The number of hydrogen-bond acceptors (Lipinski definition) is 11. The zero-order valence-corrected chi connectivity index (χ0v) is 9.94. The van der Waals surface area contributed by atoms with Crippen molar-refractivity contribution in [3.63, 3.8) is 0 Å². The normalized spacial score (nSPS) is 10.0. The van der Waals surface area contributed by atoms with Gasteiger partial charge in [-0.2, -0.15) is 0 Å². The molecule has 0 bridgehead atoms. The Kier molecular flexibility index (Phi) is 3.23. The van der Waals surface area contributed by atoms with Crippen molar-refractivity contribution in [3.8, 4) is 0 Å². The Morgan fingerprint density at radius 1 is 0.700 bits per heavy atom. The van der Waals surface area contributed by atoms with Crippen LogP contribution >= 0.6 is 0 Å². The molecule has 3 aromatic rings. The van der Waals surface area contributed by atoms with Gasteiger partial charge in [0.1, 0.15) is 0 Å². The minimum atomic E-state index is 0.456. The zero-order valence-electron chi connectivity index (χ0n) is 9.94. The highest BCUT2D eigenvalue weighted by atomic mass is 15.6. The fourth-order valence-corrected chi connectivity index (χ4v) is 1.36. The van der Waals surface area contributed by atoms with Crippen LogP contribution < -0.4 is 10.4 Å². The van der Waals surface area contributed by atoms with Crippen LogP contribution in [0.4, 0.5) is 17.5 Å². The van der Waals surface area contributed by atoms with Crippen LogP contribution in [0.2, 0.25) is 0 Å². The average Bonchev–Trinajstić information content (AvgIpc) is 2.55. The van der Waals surface area contributed by atoms with Gasteiger partial charge in [-0.1, -0.05) is 0 Å². The Morgan fingerprint density at radius 2 is 1.25 bits per heavy atom. The smallest absolute Gasteiger partial charge is 0.179 e. The third-order valence-electron chi connectivity index (χ3n) is 2.17. The third-order valence-corrected chi connectivity index (χ3v) is 2.17. The number of hydrogen-bond donors (Lipinski definition) is 1. The zero-order chi connectivity index (χ0) is 13.6. The van der Waals surface area contributed by atoms with Crippen molar-refractivity contribution in [2.75, 3.05) is 10.4 Å². The van der Waals surface area contributed by atoms with Crippen molar-refractivity contribution in [1.29, 1.82) is 0 Å². The molecule has 0 fully saturated rings. The van der Waals surface area contributed by atoms with Crippen LogP contribution in [0.15, 0.2) is 36.8 Å². The Labute approximate surface area is 112 Å². The first-order valence-corrected chi connectivity index (χ1v) is 5.43. The van der Waals surface area contributed by atoms with Crippen LogP contribution in [0.25, 0.3) is 0 Å². The maximum absolute atomic E-state index is 3.90. The SMILES string of the molecule is c1cc(NN(c2ccnnn2)c2ccnnn2)nnn1. The molecule has 11 nitrogen and oxygen atoms in total. The van der Waals surface area contributed by atoms with Gasteiger partial charge >= 0.3 is 0 Å². The lowest BCUT2D eigenvalue weighted by Crippen LogP contribution is -2.27. The minimum absolute atomic E-state index is 0.456. The van der Waals surface area contributed by atoms with Gasteiger partial charge in [-0.3, -0.25) is 5.43 Å². The number of nitrogens with zero attached hydrogens (tertiary/aromatic N) is 10. The summed E-state index contributed by atoms with van der Waals surface area (Å²) in [5.74, 6) is 1.37. The van der Waals surface area contributed by atoms with E-state index in [9.17, 15) is 0 Å². The Bertz CT molecular complexity index is 607. The second kappa shape index (κ2) is 5.51. The molecule has 0 unspecified atom stereocenters. The first kappa shape index (κ1) is 11.7. The molecule has 0 saturated heterocycles. The summed E-state index contributed by atoms with van der Waals surface area (Å²) in [6, 6.07) is 4.94. The molecule has 0 spiro atoms. The molecule has 3 rings (SSSR count). The lowest BCUT2D eigenvalue weighted by Gasteiger charge is -2.21. The van der Waals surface area contributed by atoms with Gasteiger partial charge in [-0.25, -0.2) is 5.01 Å². The molecule has 0 aliphatic heterocycles. The van der Waals surface area contributed by atoms with Gasteiger partial charge in [0.15, 0.2) is 17.5 Å². The van der Waals surface area contributed by atoms with Crippen molar-refractivity contribution in [2.45, 2.75) is 0 Å². The van der Waals surface area contributed by atoms with E-state index in [-0.39, 0.29) is 0 Å². The predicted octanol–water partition coefficient (Wildman–Crippen LogP) is -0.593. The fourth-order valence-electron chi connectivity index (χ4n) is 1.36. The first-order chi connectivity index (χ1) is 9.93. The number of hydrazine groups is 1. The molecule has 3 heterocycles. The van der Waals surface area contributed by atoms with E-state index < -0.39 is 0 Å². The van der Waals surface area contributed by atoms with Gasteiger partial charge in [0.2, 0.25) is 0 Å². The number of rotatable bonds is 4. The molecule has 0 saturated carbocycles. The van der Waals surface area contributed by atoms with E-state index in [1.165, 1.54) is 23.6 Å². The molecule has 0 aromatic carbocycles. The third kappa shape index (κ3) is 2.55. The molecule has 3 aromatic heterocycles. The summed E-state index contributed by atoms with van der Waals surface area (Å²) in [6.07, 6.45) is 4.51. The topological polar surface area (TPSA) is 131 Å². The van der Waals surface area contributed by atoms with Crippen molar-refractivity contribution in [3.05, 3.63) is 36.8 Å². The van der Waals surface area contributed by atoms with E-state index in [2.05, 4.69) is 51.7 Å². The van der Waals surface area contributed by atoms with Gasteiger partial charge in [0, 0.05) is 18.2 Å². The molecule has 0 amide bonds. The average molecular weight is 269 g/mol. The van der Waals surface area contributed by atoms with E-state index in [4.69, 9.17) is 0 Å². The van der Waals surface area contributed by atoms with Crippen molar-refractivity contribution in [2.24, 2.45) is 0 Å². The highest BCUT2D eigenvalue weighted by Crippen LogP contribution is 2.19. The fraction of sp³-hybridized carbons (Fsp3) is 0. The molecule has 11 heteroatoms. The molecular formula is C9H7N11. The molecule has 0 aliphatic carbocycles. The van der Waals surface area contributed by atoms with Crippen LogP contribution in [-0.2, 0) is 0 Å². The van der Waals surface area contributed by atoms with E-state index in [0.29, 0.717) is 17.5 Å². The van der Waals surface area contributed by atoms with Crippen LogP contribution in [0.3, 0.4) is 0 Å². The quantitative estimate of drug-likeness (QED) is 0.609. The number of anilines is 3. The Hall–Kier alpha value is -3.37. The van der Waals surface area contributed by atoms with Gasteiger partial charge in [0.05, 0.1) is 18.6 Å². The summed E-state index contributed by atoms with van der Waals surface area (Å²) in [5.41, 5.74) is 2.97. The summed E-state index contributed by atoms with van der Waals surface area (Å²) in [7, 11) is 0. The predicted molar refractivity (Wildman–Crippen MR) is 65.2 cm³/mol. The van der Waals surface area contributed by atoms with Crippen molar-refractivity contribution in [1.82, 2.24) is 46.2 Å². The van der Waals surface area contributed by atoms with Crippen LogP contribution in [-0.4, -0.2) is 46.2 Å². The summed E-state index contributed by atoms with van der Waals surface area (Å²) in [4.78, 5) is 0. The van der Waals surface area contributed by atoms with Crippen LogP contribution in [0, 0.1) is 0 Å². The molecule has 0 radical (unpaired) electrons. The number of nitrogens with one attached hydrogen (secondary N) is 1. The summed E-state index contributed by atoms with van der Waals surface area (Å²) in [5, 5.41) is 34.7. The highest BCUT2D eigenvalue weighted by Gasteiger charge is 2.14. The van der Waals surface area contributed by atoms with E-state index >= 15 is 0 Å². The van der Waals surface area contributed by atoms with E-state index in [1.807, 2.05) is 0 Å². The Balaban J connectivity index is 1.96. The number of aromatic nitrogens is 9. The molecule has 98 valence electrons. The summed E-state index contributed by atoms with van der Waals surface area (Å²) >= 11 is 0. The lowest BCUT2D eigenvalue weighted by atomic mass is 10.5. The molecule has 0 atom stereocenters. The molecule has 20 heavy (non-hydrogen) atoms. The van der Waals surface area contributed by atoms with Gasteiger partial charge in [-0.15, -0.1) is 30.6 Å². The first-order valence-electron chi connectivity index (χ1n) is 5.43. The van der Waals surface area contributed by atoms with Gasteiger partial charge < -0.3 is 0 Å². The molecular weight excluding hydrogens is 262 g/mol. The summed E-state index contributed by atoms with van der Waals surface area (Å²) in [6.45, 7) is 0. The van der Waals surface area contributed by atoms with Crippen LogP contribution in [0.5, 0.6) is 0 Å². The van der Waals surface area contributed by atoms with E-state index in [0.717, 1.165) is 0 Å². The monoisotopic (exact) mass is 269 g/mol. The van der Waals surface area contributed by atoms with Gasteiger partial charge in [0.25, 0.3) is 0 Å². The maximum Gasteiger partial charge on any atom is 0.179 e. The molecule has 0 aliphatic rings. The van der Waals surface area contributed by atoms with Gasteiger partial charge in [-0.05, 0) is 15.6 Å². The highest BCUT2D eigenvalue weighted by molar-refractivity contribution is 5.59. The van der Waals surface area contributed by atoms with E-state index in [1.54, 1.807) is 18.2 Å². The lowest BCUT2D eigenvalue weighted by molar-refractivity contribution is 0.812.